The van der Waals surface area contributed by atoms with Gasteiger partial charge in [0.1, 0.15) is 0 Å². The van der Waals surface area contributed by atoms with Gasteiger partial charge in [0.25, 0.3) is 0 Å². The molecule has 17 heavy (non-hydrogen) atoms. The molecule has 2 atom stereocenters. The largest absolute Gasteiger partial charge is 0.481 e. The molecule has 0 radical (unpaired) electrons. The van der Waals surface area contributed by atoms with Crippen molar-refractivity contribution in [1.82, 2.24) is 5.32 Å². The molecule has 2 unspecified atom stereocenters. The number of unbranched alkanes of at least 4 members (excludes halogenated alkanes) is 2. The Kier molecular flexibility index (Phi) is 4.02. The standard InChI is InChI=1S/C13H21NO3/c15-12(16)4-2-1-3-7-14-13(17)11-8-10(11)9-5-6-9/h9-11H,1-8H2,(H,14,17)(H,15,16). The number of aliphatic carboxylic acids is 1. The topological polar surface area (TPSA) is 66.4 Å². The van der Waals surface area contributed by atoms with Crippen LogP contribution in [0.5, 0.6) is 0 Å². The number of carbonyl (C=O) groups excluding carboxylic acids is 1. The highest BCUT2D eigenvalue weighted by Gasteiger charge is 2.50. The predicted octanol–water partition coefficient (Wildman–Crippen LogP) is 1.79. The van der Waals surface area contributed by atoms with Crippen molar-refractivity contribution in [3.05, 3.63) is 0 Å². The van der Waals surface area contributed by atoms with Gasteiger partial charge >= 0.3 is 5.97 Å². The molecular formula is C13H21NO3. The molecule has 96 valence electrons. The van der Waals surface area contributed by atoms with Gasteiger partial charge in [-0.25, -0.2) is 0 Å². The summed E-state index contributed by atoms with van der Waals surface area (Å²) >= 11 is 0. The van der Waals surface area contributed by atoms with Crippen LogP contribution in [0.3, 0.4) is 0 Å². The van der Waals surface area contributed by atoms with Crippen molar-refractivity contribution >= 4 is 11.9 Å². The molecule has 0 bridgehead atoms. The Bertz CT molecular complexity index is 299. The number of carbonyl (C=O) groups is 2. The van der Waals surface area contributed by atoms with Crippen LogP contribution in [0.4, 0.5) is 0 Å². The van der Waals surface area contributed by atoms with E-state index in [1.807, 2.05) is 0 Å². The van der Waals surface area contributed by atoms with Crippen LogP contribution in [0.15, 0.2) is 0 Å². The summed E-state index contributed by atoms with van der Waals surface area (Å²) in [5, 5.41) is 11.4. The fourth-order valence-corrected chi connectivity index (χ4v) is 2.48. The first kappa shape index (κ1) is 12.4. The first-order valence-corrected chi connectivity index (χ1v) is 6.68. The smallest absolute Gasteiger partial charge is 0.303 e. The number of amides is 1. The zero-order chi connectivity index (χ0) is 12.3. The Morgan fingerprint density at radius 3 is 2.59 bits per heavy atom. The molecule has 2 rings (SSSR count). The van der Waals surface area contributed by atoms with Crippen LogP contribution in [-0.2, 0) is 9.59 Å². The summed E-state index contributed by atoms with van der Waals surface area (Å²) in [5.41, 5.74) is 0. The van der Waals surface area contributed by atoms with Crippen LogP contribution in [0, 0.1) is 17.8 Å². The molecule has 1 amide bonds. The van der Waals surface area contributed by atoms with E-state index in [9.17, 15) is 9.59 Å². The molecule has 0 aromatic heterocycles. The van der Waals surface area contributed by atoms with E-state index in [0.717, 1.165) is 25.2 Å². The first-order chi connectivity index (χ1) is 8.18. The van der Waals surface area contributed by atoms with Crippen molar-refractivity contribution < 1.29 is 14.7 Å². The summed E-state index contributed by atoms with van der Waals surface area (Å²) in [6.45, 7) is 0.701. The molecular weight excluding hydrogens is 218 g/mol. The lowest BCUT2D eigenvalue weighted by molar-refractivity contribution is -0.137. The molecule has 4 nitrogen and oxygen atoms in total. The molecule has 2 saturated carbocycles. The van der Waals surface area contributed by atoms with Gasteiger partial charge in [-0.2, -0.15) is 0 Å². The van der Waals surface area contributed by atoms with Crippen molar-refractivity contribution in [1.29, 1.82) is 0 Å². The maximum Gasteiger partial charge on any atom is 0.303 e. The lowest BCUT2D eigenvalue weighted by Gasteiger charge is -2.04. The van der Waals surface area contributed by atoms with E-state index in [-0.39, 0.29) is 12.3 Å². The molecule has 0 aromatic carbocycles. The number of carboxylic acids is 1. The van der Waals surface area contributed by atoms with Gasteiger partial charge in [0.2, 0.25) is 5.91 Å². The quantitative estimate of drug-likeness (QED) is 0.635. The zero-order valence-electron chi connectivity index (χ0n) is 10.2. The summed E-state index contributed by atoms with van der Waals surface area (Å²) in [7, 11) is 0. The molecule has 0 spiro atoms. The summed E-state index contributed by atoms with van der Waals surface area (Å²) in [5.74, 6) is 1.31. The van der Waals surface area contributed by atoms with Crippen LogP contribution in [-0.4, -0.2) is 23.5 Å². The Hall–Kier alpha value is -1.06. The lowest BCUT2D eigenvalue weighted by atomic mass is 10.2. The second-order valence-corrected chi connectivity index (χ2v) is 5.34. The van der Waals surface area contributed by atoms with Crippen LogP contribution in [0.2, 0.25) is 0 Å². The predicted molar refractivity (Wildman–Crippen MR) is 63.4 cm³/mol. The highest BCUT2D eigenvalue weighted by Crippen LogP contribution is 2.54. The lowest BCUT2D eigenvalue weighted by Crippen LogP contribution is -2.26. The number of nitrogens with one attached hydrogen (secondary N) is 1. The molecule has 0 aromatic rings. The third-order valence-electron chi connectivity index (χ3n) is 3.77. The van der Waals surface area contributed by atoms with Crippen molar-refractivity contribution in [2.75, 3.05) is 6.54 Å². The molecule has 2 N–H and O–H groups in total. The Labute approximate surface area is 102 Å². The minimum atomic E-state index is -0.737. The summed E-state index contributed by atoms with van der Waals surface area (Å²) in [6.07, 6.45) is 6.45. The summed E-state index contributed by atoms with van der Waals surface area (Å²) in [6, 6.07) is 0. The normalized spacial score (nSPS) is 26.6. The van der Waals surface area contributed by atoms with Crippen molar-refractivity contribution in [2.45, 2.75) is 44.9 Å². The maximum atomic E-state index is 11.7. The van der Waals surface area contributed by atoms with E-state index in [1.54, 1.807) is 0 Å². The number of hydrogen-bond donors (Lipinski definition) is 2. The van der Waals surface area contributed by atoms with Gasteiger partial charge in [-0.05, 0) is 43.9 Å². The Balaban J connectivity index is 1.45. The molecule has 2 aliphatic rings. The highest BCUT2D eigenvalue weighted by atomic mass is 16.4. The number of rotatable bonds is 8. The van der Waals surface area contributed by atoms with Crippen LogP contribution in [0.1, 0.15) is 44.9 Å². The summed E-state index contributed by atoms with van der Waals surface area (Å²) in [4.78, 5) is 22.0. The Morgan fingerprint density at radius 1 is 1.18 bits per heavy atom. The summed E-state index contributed by atoms with van der Waals surface area (Å²) < 4.78 is 0. The van der Waals surface area contributed by atoms with Crippen molar-refractivity contribution in [2.24, 2.45) is 17.8 Å². The van der Waals surface area contributed by atoms with Crippen molar-refractivity contribution in [3.8, 4) is 0 Å². The van der Waals surface area contributed by atoms with Gasteiger partial charge in [0.05, 0.1) is 0 Å². The van der Waals surface area contributed by atoms with Crippen LogP contribution >= 0.6 is 0 Å². The van der Waals surface area contributed by atoms with Crippen LogP contribution in [0.25, 0.3) is 0 Å². The minimum absolute atomic E-state index is 0.222. The molecule has 0 saturated heterocycles. The third-order valence-corrected chi connectivity index (χ3v) is 3.77. The molecule has 0 aliphatic heterocycles. The van der Waals surface area contributed by atoms with Gasteiger partial charge in [0, 0.05) is 18.9 Å². The van der Waals surface area contributed by atoms with Gasteiger partial charge < -0.3 is 10.4 Å². The second kappa shape index (κ2) is 5.52. The average Bonchev–Trinajstić information content (AvgIpc) is 3.14. The number of carboxylic acid groups (broad SMARTS) is 1. The van der Waals surface area contributed by atoms with E-state index >= 15 is 0 Å². The molecule has 0 heterocycles. The second-order valence-electron chi connectivity index (χ2n) is 5.34. The zero-order valence-corrected chi connectivity index (χ0v) is 10.2. The molecule has 2 fully saturated rings. The van der Waals surface area contributed by atoms with Gasteiger partial charge in [-0.15, -0.1) is 0 Å². The first-order valence-electron chi connectivity index (χ1n) is 6.68. The van der Waals surface area contributed by atoms with E-state index in [4.69, 9.17) is 5.11 Å². The van der Waals surface area contributed by atoms with Gasteiger partial charge in [0.15, 0.2) is 0 Å². The van der Waals surface area contributed by atoms with E-state index < -0.39 is 5.97 Å². The third kappa shape index (κ3) is 4.02. The van der Waals surface area contributed by atoms with Crippen LogP contribution < -0.4 is 5.32 Å². The van der Waals surface area contributed by atoms with Gasteiger partial charge in [-0.1, -0.05) is 6.42 Å². The van der Waals surface area contributed by atoms with E-state index in [2.05, 4.69) is 5.32 Å². The number of hydrogen-bond acceptors (Lipinski definition) is 2. The SMILES string of the molecule is O=C(O)CCCCCNC(=O)C1CC1C1CC1. The highest BCUT2D eigenvalue weighted by molar-refractivity contribution is 5.81. The average molecular weight is 239 g/mol. The maximum absolute atomic E-state index is 11.7. The van der Waals surface area contributed by atoms with E-state index in [1.165, 1.54) is 12.8 Å². The van der Waals surface area contributed by atoms with E-state index in [0.29, 0.717) is 24.8 Å². The monoisotopic (exact) mass is 239 g/mol. The van der Waals surface area contributed by atoms with Gasteiger partial charge in [-0.3, -0.25) is 9.59 Å². The molecule has 2 aliphatic carbocycles. The molecule has 4 heteroatoms. The fourth-order valence-electron chi connectivity index (χ4n) is 2.48. The fraction of sp³-hybridized carbons (Fsp3) is 0.846. The minimum Gasteiger partial charge on any atom is -0.481 e. The Morgan fingerprint density at radius 2 is 1.94 bits per heavy atom. The van der Waals surface area contributed by atoms with Crippen molar-refractivity contribution in [3.63, 3.8) is 0 Å².